The number of nitrogens with zero attached hydrogens (tertiary/aromatic N) is 3. The van der Waals surface area contributed by atoms with Crippen molar-refractivity contribution >= 4 is 29.5 Å². The van der Waals surface area contributed by atoms with Gasteiger partial charge in [-0.1, -0.05) is 35.9 Å². The molecule has 1 aliphatic heterocycles. The van der Waals surface area contributed by atoms with Gasteiger partial charge in [-0.05, 0) is 55.9 Å². The minimum absolute atomic E-state index is 0.0116. The summed E-state index contributed by atoms with van der Waals surface area (Å²) in [6.45, 7) is 6.94. The number of hydrogen-bond donors (Lipinski definition) is 2. The third kappa shape index (κ3) is 4.71. The topological polar surface area (TPSA) is 66.0 Å². The van der Waals surface area contributed by atoms with Gasteiger partial charge in [0, 0.05) is 25.7 Å². The molecule has 3 heterocycles. The summed E-state index contributed by atoms with van der Waals surface area (Å²) in [6.07, 6.45) is 1.91. The zero-order valence-corrected chi connectivity index (χ0v) is 18.9. The van der Waals surface area contributed by atoms with Crippen molar-refractivity contribution in [3.63, 3.8) is 0 Å². The van der Waals surface area contributed by atoms with Crippen molar-refractivity contribution in [2.75, 3.05) is 13.1 Å². The zero-order valence-electron chi connectivity index (χ0n) is 17.3. The molecule has 0 bridgehead atoms. The first-order valence-corrected chi connectivity index (χ1v) is 11.6. The standard InChI is InChI=1S/C22H27N5OS2/c1-15-5-3-6-17(13-15)14-26-10-8-18(9-11-26)23-21(28)16(2)27-20(24-25-22(27)29)19-7-4-12-30-19/h3-7,12-13,16,18H,8-11,14H2,1-2H3,(H,23,28)(H,25,29). The number of likely N-dealkylation sites (tertiary alicyclic amines) is 1. The Morgan fingerprint density at radius 2 is 2.13 bits per heavy atom. The van der Waals surface area contributed by atoms with E-state index in [1.54, 1.807) is 11.3 Å². The first-order chi connectivity index (χ1) is 14.5. The van der Waals surface area contributed by atoms with Crippen LogP contribution in [-0.4, -0.2) is 44.7 Å². The number of thiophene rings is 1. The van der Waals surface area contributed by atoms with E-state index in [-0.39, 0.29) is 11.9 Å². The van der Waals surface area contributed by atoms with Crippen molar-refractivity contribution in [2.45, 2.75) is 45.3 Å². The van der Waals surface area contributed by atoms with Crippen molar-refractivity contribution in [1.82, 2.24) is 25.0 Å². The van der Waals surface area contributed by atoms with Crippen LogP contribution in [0.5, 0.6) is 0 Å². The van der Waals surface area contributed by atoms with Crippen LogP contribution in [0.4, 0.5) is 0 Å². The normalized spacial score (nSPS) is 16.5. The summed E-state index contributed by atoms with van der Waals surface area (Å²) in [5, 5.41) is 12.4. The Bertz CT molecular complexity index is 1050. The van der Waals surface area contributed by atoms with Gasteiger partial charge in [-0.3, -0.25) is 19.4 Å². The molecule has 0 radical (unpaired) electrons. The molecule has 8 heteroatoms. The van der Waals surface area contributed by atoms with Gasteiger partial charge >= 0.3 is 0 Å². The molecule has 1 aliphatic rings. The van der Waals surface area contributed by atoms with Crippen LogP contribution in [-0.2, 0) is 11.3 Å². The van der Waals surface area contributed by atoms with E-state index in [1.165, 1.54) is 11.1 Å². The van der Waals surface area contributed by atoms with Crippen LogP contribution < -0.4 is 5.32 Å². The molecule has 30 heavy (non-hydrogen) atoms. The summed E-state index contributed by atoms with van der Waals surface area (Å²) in [5.41, 5.74) is 2.64. The number of carbonyl (C=O) groups excluding carboxylic acids is 1. The molecule has 6 nitrogen and oxygen atoms in total. The molecule has 1 amide bonds. The predicted octanol–water partition coefficient (Wildman–Crippen LogP) is 4.32. The molecule has 1 unspecified atom stereocenters. The van der Waals surface area contributed by atoms with Gasteiger partial charge in [0.25, 0.3) is 0 Å². The molecular weight excluding hydrogens is 414 g/mol. The van der Waals surface area contributed by atoms with E-state index in [0.717, 1.165) is 37.4 Å². The average molecular weight is 442 g/mol. The summed E-state index contributed by atoms with van der Waals surface area (Å²) < 4.78 is 2.28. The number of aryl methyl sites for hydroxylation is 1. The minimum atomic E-state index is -0.418. The number of piperidine rings is 1. The molecular formula is C22H27N5OS2. The van der Waals surface area contributed by atoms with Crippen molar-refractivity contribution in [3.8, 4) is 10.7 Å². The van der Waals surface area contributed by atoms with Crippen molar-refractivity contribution in [2.24, 2.45) is 0 Å². The molecule has 1 fully saturated rings. The lowest BCUT2D eigenvalue weighted by atomic mass is 10.0. The van der Waals surface area contributed by atoms with E-state index in [4.69, 9.17) is 12.2 Å². The van der Waals surface area contributed by atoms with E-state index < -0.39 is 6.04 Å². The molecule has 3 aromatic rings. The van der Waals surface area contributed by atoms with Gasteiger partial charge in [0.15, 0.2) is 10.6 Å². The molecule has 2 N–H and O–H groups in total. The second kappa shape index (κ2) is 9.24. The third-order valence-corrected chi connectivity index (χ3v) is 6.79. The fourth-order valence-corrected chi connectivity index (χ4v) is 4.99. The maximum absolute atomic E-state index is 13.0. The molecule has 0 saturated carbocycles. The monoisotopic (exact) mass is 441 g/mol. The average Bonchev–Trinajstić information content (AvgIpc) is 3.38. The van der Waals surface area contributed by atoms with Gasteiger partial charge in [-0.2, -0.15) is 5.10 Å². The fourth-order valence-electron chi connectivity index (χ4n) is 3.99. The first kappa shape index (κ1) is 21.0. The van der Waals surface area contributed by atoms with Crippen LogP contribution in [0.25, 0.3) is 10.7 Å². The van der Waals surface area contributed by atoms with Gasteiger partial charge in [-0.25, -0.2) is 0 Å². The molecule has 1 aromatic carbocycles. The van der Waals surface area contributed by atoms with Crippen LogP contribution >= 0.6 is 23.6 Å². The summed E-state index contributed by atoms with van der Waals surface area (Å²) in [5.74, 6) is 0.702. The highest BCUT2D eigenvalue weighted by Gasteiger charge is 2.26. The summed E-state index contributed by atoms with van der Waals surface area (Å²) >= 11 is 6.98. The van der Waals surface area contributed by atoms with Crippen LogP contribution in [0.1, 0.15) is 36.9 Å². The molecule has 0 spiro atoms. The van der Waals surface area contributed by atoms with Crippen LogP contribution in [0.2, 0.25) is 0 Å². The number of amides is 1. The van der Waals surface area contributed by atoms with Gasteiger partial charge in [0.1, 0.15) is 6.04 Å². The maximum Gasteiger partial charge on any atom is 0.243 e. The first-order valence-electron chi connectivity index (χ1n) is 10.3. The number of carbonyl (C=O) groups is 1. The van der Waals surface area contributed by atoms with Gasteiger partial charge in [-0.15, -0.1) is 11.3 Å². The van der Waals surface area contributed by atoms with Gasteiger partial charge < -0.3 is 5.32 Å². The minimum Gasteiger partial charge on any atom is -0.351 e. The smallest absolute Gasteiger partial charge is 0.243 e. The summed E-state index contributed by atoms with van der Waals surface area (Å²) in [6, 6.07) is 12.4. The van der Waals surface area contributed by atoms with Crippen molar-refractivity contribution in [3.05, 3.63) is 57.7 Å². The number of nitrogens with one attached hydrogen (secondary N) is 2. The van der Waals surface area contributed by atoms with E-state index in [2.05, 4.69) is 51.6 Å². The Kier molecular flexibility index (Phi) is 6.46. The van der Waals surface area contributed by atoms with E-state index in [9.17, 15) is 4.79 Å². The molecule has 158 valence electrons. The van der Waals surface area contributed by atoms with Gasteiger partial charge in [0.05, 0.1) is 4.88 Å². The molecule has 0 aliphatic carbocycles. The lowest BCUT2D eigenvalue weighted by Crippen LogP contribution is -2.46. The highest BCUT2D eigenvalue weighted by atomic mass is 32.1. The Labute approximate surface area is 185 Å². The van der Waals surface area contributed by atoms with E-state index in [0.29, 0.717) is 10.6 Å². The number of rotatable bonds is 6. The van der Waals surface area contributed by atoms with Crippen LogP contribution in [0.3, 0.4) is 0 Å². The fraction of sp³-hybridized carbons (Fsp3) is 0.409. The second-order valence-electron chi connectivity index (χ2n) is 7.92. The highest BCUT2D eigenvalue weighted by Crippen LogP contribution is 2.26. The Balaban J connectivity index is 1.34. The Morgan fingerprint density at radius 3 is 2.83 bits per heavy atom. The lowest BCUT2D eigenvalue weighted by molar-refractivity contribution is -0.124. The van der Waals surface area contributed by atoms with Crippen LogP contribution in [0.15, 0.2) is 41.8 Å². The number of hydrogen-bond acceptors (Lipinski definition) is 5. The zero-order chi connectivity index (χ0) is 21.1. The van der Waals surface area contributed by atoms with Crippen LogP contribution in [0, 0.1) is 11.7 Å². The highest BCUT2D eigenvalue weighted by molar-refractivity contribution is 7.71. The maximum atomic E-state index is 13.0. The quantitative estimate of drug-likeness (QED) is 0.559. The van der Waals surface area contributed by atoms with E-state index >= 15 is 0 Å². The Morgan fingerprint density at radius 1 is 1.33 bits per heavy atom. The second-order valence-corrected chi connectivity index (χ2v) is 9.26. The number of aromatic amines is 1. The number of H-pyrrole nitrogens is 1. The predicted molar refractivity (Wildman–Crippen MR) is 123 cm³/mol. The van der Waals surface area contributed by atoms with Gasteiger partial charge in [0.2, 0.25) is 5.91 Å². The summed E-state index contributed by atoms with van der Waals surface area (Å²) in [7, 11) is 0. The molecule has 1 saturated heterocycles. The molecule has 4 rings (SSSR count). The van der Waals surface area contributed by atoms with E-state index in [1.807, 2.05) is 29.0 Å². The number of benzene rings is 1. The lowest BCUT2D eigenvalue weighted by Gasteiger charge is -2.33. The molecule has 1 atom stereocenters. The third-order valence-electron chi connectivity index (χ3n) is 5.64. The number of aromatic nitrogens is 3. The summed E-state index contributed by atoms with van der Waals surface area (Å²) in [4.78, 5) is 16.4. The molecule has 2 aromatic heterocycles. The largest absolute Gasteiger partial charge is 0.351 e. The SMILES string of the molecule is Cc1cccc(CN2CCC(NC(=O)C(C)n3c(-c4cccs4)n[nH]c3=S)CC2)c1. The van der Waals surface area contributed by atoms with Crippen molar-refractivity contribution in [1.29, 1.82) is 0 Å². The van der Waals surface area contributed by atoms with Crippen molar-refractivity contribution < 1.29 is 4.79 Å². The Hall–Kier alpha value is -2.29.